The summed E-state index contributed by atoms with van der Waals surface area (Å²) in [6.07, 6.45) is 2.82. The van der Waals surface area contributed by atoms with Crippen LogP contribution in [0.4, 0.5) is 5.69 Å². The molecular weight excluding hydrogens is 234 g/mol. The van der Waals surface area contributed by atoms with Crippen LogP contribution in [0.15, 0.2) is 23.0 Å². The van der Waals surface area contributed by atoms with Gasteiger partial charge < -0.3 is 14.5 Å². The first kappa shape index (κ1) is 12.1. The summed E-state index contributed by atoms with van der Waals surface area (Å²) in [6.45, 7) is 3.56. The number of nitrogens with zero attached hydrogens (tertiary/aromatic N) is 2. The first-order valence-corrected chi connectivity index (χ1v) is 5.34. The van der Waals surface area contributed by atoms with Crippen molar-refractivity contribution in [2.75, 3.05) is 12.4 Å². The average Bonchev–Trinajstić information content (AvgIpc) is 2.87. The predicted molar refractivity (Wildman–Crippen MR) is 64.7 cm³/mol. The summed E-state index contributed by atoms with van der Waals surface area (Å²) in [4.78, 5) is 20.1. The second-order valence-electron chi connectivity index (χ2n) is 3.72. The molecule has 2 aromatic heterocycles. The second-order valence-corrected chi connectivity index (χ2v) is 3.72. The molecule has 0 aromatic carbocycles. The maximum Gasteiger partial charge on any atom is 0.316 e. The number of hydrogen-bond acceptors (Lipinski definition) is 5. The van der Waals surface area contributed by atoms with Gasteiger partial charge in [-0.2, -0.15) is 9.97 Å². The molecule has 94 valence electrons. The number of carbonyl (C=O) groups is 1. The third-order valence-electron chi connectivity index (χ3n) is 2.45. The molecule has 2 aromatic rings. The summed E-state index contributed by atoms with van der Waals surface area (Å²) in [5.41, 5.74) is 2.33. The zero-order valence-corrected chi connectivity index (χ0v) is 10.4. The van der Waals surface area contributed by atoms with E-state index in [2.05, 4.69) is 15.3 Å². The lowest BCUT2D eigenvalue weighted by atomic mass is 10.2. The highest BCUT2D eigenvalue weighted by Gasteiger charge is 2.13. The Bertz CT molecular complexity index is 541. The van der Waals surface area contributed by atoms with Crippen LogP contribution in [0.2, 0.25) is 0 Å². The smallest absolute Gasteiger partial charge is 0.316 e. The Balaban J connectivity index is 2.27. The SMILES string of the molecule is COc1nc(C)c(NC(=O)c2ccoc2)c(C)n1. The van der Waals surface area contributed by atoms with E-state index in [4.69, 9.17) is 9.15 Å². The van der Waals surface area contributed by atoms with Gasteiger partial charge in [-0.1, -0.05) is 0 Å². The number of aryl methyl sites for hydroxylation is 2. The molecule has 18 heavy (non-hydrogen) atoms. The lowest BCUT2D eigenvalue weighted by molar-refractivity contribution is 0.102. The largest absolute Gasteiger partial charge is 0.472 e. The molecule has 0 spiro atoms. The minimum absolute atomic E-state index is 0.260. The van der Waals surface area contributed by atoms with E-state index in [9.17, 15) is 4.79 Å². The maximum absolute atomic E-state index is 11.9. The number of hydrogen-bond donors (Lipinski definition) is 1. The van der Waals surface area contributed by atoms with Gasteiger partial charge in [0.1, 0.15) is 6.26 Å². The topological polar surface area (TPSA) is 77.2 Å². The highest BCUT2D eigenvalue weighted by molar-refractivity contribution is 6.04. The molecule has 0 unspecified atom stereocenters. The number of rotatable bonds is 3. The van der Waals surface area contributed by atoms with Gasteiger partial charge in [-0.15, -0.1) is 0 Å². The van der Waals surface area contributed by atoms with Gasteiger partial charge in [-0.3, -0.25) is 4.79 Å². The average molecular weight is 247 g/mol. The monoisotopic (exact) mass is 247 g/mol. The molecule has 6 heteroatoms. The summed E-state index contributed by atoms with van der Waals surface area (Å²) in [5.74, 6) is -0.260. The molecule has 0 atom stereocenters. The van der Waals surface area contributed by atoms with Crippen molar-refractivity contribution in [3.63, 3.8) is 0 Å². The van der Waals surface area contributed by atoms with E-state index in [1.54, 1.807) is 19.9 Å². The summed E-state index contributed by atoms with van der Waals surface area (Å²) >= 11 is 0. The van der Waals surface area contributed by atoms with E-state index < -0.39 is 0 Å². The van der Waals surface area contributed by atoms with Crippen LogP contribution in [-0.2, 0) is 0 Å². The minimum Gasteiger partial charge on any atom is -0.472 e. The molecule has 0 aliphatic heterocycles. The Morgan fingerprint density at radius 2 is 2.00 bits per heavy atom. The number of carbonyl (C=O) groups excluding carboxylic acids is 1. The van der Waals surface area contributed by atoms with Crippen LogP contribution < -0.4 is 10.1 Å². The highest BCUT2D eigenvalue weighted by atomic mass is 16.5. The second kappa shape index (κ2) is 4.87. The predicted octanol–water partition coefficient (Wildman–Crippen LogP) is 1.95. The Labute approximate surface area is 104 Å². The fourth-order valence-corrected chi connectivity index (χ4v) is 1.54. The Morgan fingerprint density at radius 3 is 2.50 bits per heavy atom. The number of ether oxygens (including phenoxy) is 1. The first-order valence-electron chi connectivity index (χ1n) is 5.34. The normalized spacial score (nSPS) is 10.2. The van der Waals surface area contributed by atoms with Crippen LogP contribution in [0.5, 0.6) is 6.01 Å². The van der Waals surface area contributed by atoms with E-state index in [0.717, 1.165) is 0 Å². The molecular formula is C12H13N3O3. The lowest BCUT2D eigenvalue weighted by Gasteiger charge is -2.10. The molecule has 2 heterocycles. The molecule has 0 bridgehead atoms. The fourth-order valence-electron chi connectivity index (χ4n) is 1.54. The van der Waals surface area contributed by atoms with Gasteiger partial charge in [0.15, 0.2) is 0 Å². The van der Waals surface area contributed by atoms with Crippen LogP contribution in [0, 0.1) is 13.8 Å². The number of nitrogens with one attached hydrogen (secondary N) is 1. The van der Waals surface area contributed by atoms with Gasteiger partial charge >= 0.3 is 6.01 Å². The van der Waals surface area contributed by atoms with Crippen LogP contribution in [0.3, 0.4) is 0 Å². The van der Waals surface area contributed by atoms with Gasteiger partial charge in [0.2, 0.25) is 0 Å². The highest BCUT2D eigenvalue weighted by Crippen LogP contribution is 2.20. The molecule has 0 saturated heterocycles. The minimum atomic E-state index is -0.260. The molecule has 1 amide bonds. The number of aromatic nitrogens is 2. The quantitative estimate of drug-likeness (QED) is 0.896. The molecule has 0 saturated carbocycles. The van der Waals surface area contributed by atoms with E-state index in [1.165, 1.54) is 19.6 Å². The molecule has 2 rings (SSSR count). The van der Waals surface area contributed by atoms with Gasteiger partial charge in [0.25, 0.3) is 5.91 Å². The van der Waals surface area contributed by atoms with Crippen LogP contribution in [-0.4, -0.2) is 23.0 Å². The van der Waals surface area contributed by atoms with E-state index in [-0.39, 0.29) is 11.9 Å². The maximum atomic E-state index is 11.9. The summed E-state index contributed by atoms with van der Waals surface area (Å²) in [6, 6.07) is 1.87. The van der Waals surface area contributed by atoms with Gasteiger partial charge in [-0.25, -0.2) is 0 Å². The van der Waals surface area contributed by atoms with E-state index >= 15 is 0 Å². The summed E-state index contributed by atoms with van der Waals surface area (Å²) < 4.78 is 9.82. The van der Waals surface area contributed by atoms with Gasteiger partial charge in [0, 0.05) is 0 Å². The molecule has 0 fully saturated rings. The Hall–Kier alpha value is -2.37. The van der Waals surface area contributed by atoms with Crippen molar-refractivity contribution >= 4 is 11.6 Å². The van der Waals surface area contributed by atoms with Crippen molar-refractivity contribution in [2.24, 2.45) is 0 Å². The van der Waals surface area contributed by atoms with Crippen molar-refractivity contribution in [1.29, 1.82) is 0 Å². The van der Waals surface area contributed by atoms with Gasteiger partial charge in [-0.05, 0) is 19.9 Å². The third kappa shape index (κ3) is 2.32. The molecule has 6 nitrogen and oxygen atoms in total. The van der Waals surface area contributed by atoms with Crippen LogP contribution >= 0.6 is 0 Å². The van der Waals surface area contributed by atoms with Crippen molar-refractivity contribution < 1.29 is 13.9 Å². The van der Waals surface area contributed by atoms with Crippen LogP contribution in [0.25, 0.3) is 0 Å². The Kier molecular flexibility index (Phi) is 3.27. The molecule has 0 radical (unpaired) electrons. The number of furan rings is 1. The molecule has 1 N–H and O–H groups in total. The number of methoxy groups -OCH3 is 1. The third-order valence-corrected chi connectivity index (χ3v) is 2.45. The number of anilines is 1. The molecule has 0 aliphatic carbocycles. The standard InChI is InChI=1S/C12H13N3O3/c1-7-10(8(2)14-12(13-7)17-3)15-11(16)9-4-5-18-6-9/h4-6H,1-3H3,(H,15,16). The lowest BCUT2D eigenvalue weighted by Crippen LogP contribution is -2.14. The first-order chi connectivity index (χ1) is 8.61. The van der Waals surface area contributed by atoms with Gasteiger partial charge in [0.05, 0.1) is 36.0 Å². The summed E-state index contributed by atoms with van der Waals surface area (Å²) in [7, 11) is 1.50. The fraction of sp³-hybridized carbons (Fsp3) is 0.250. The molecule has 0 aliphatic rings. The zero-order chi connectivity index (χ0) is 13.1. The Morgan fingerprint density at radius 1 is 1.33 bits per heavy atom. The van der Waals surface area contributed by atoms with Crippen LogP contribution in [0.1, 0.15) is 21.7 Å². The van der Waals surface area contributed by atoms with Crippen molar-refractivity contribution in [1.82, 2.24) is 9.97 Å². The van der Waals surface area contributed by atoms with Crippen molar-refractivity contribution in [3.8, 4) is 6.01 Å². The van der Waals surface area contributed by atoms with E-state index in [1.807, 2.05) is 0 Å². The van der Waals surface area contributed by atoms with Crippen molar-refractivity contribution in [3.05, 3.63) is 35.5 Å². The number of amides is 1. The summed E-state index contributed by atoms with van der Waals surface area (Å²) in [5, 5.41) is 2.75. The van der Waals surface area contributed by atoms with E-state index in [0.29, 0.717) is 22.6 Å². The van der Waals surface area contributed by atoms with Crippen molar-refractivity contribution in [2.45, 2.75) is 13.8 Å². The zero-order valence-electron chi connectivity index (χ0n) is 10.4.